The predicted molar refractivity (Wildman–Crippen MR) is 106 cm³/mol. The largest absolute Gasteiger partial charge is 0.297 e. The van der Waals surface area contributed by atoms with E-state index in [1.165, 1.54) is 28.5 Å². The molecule has 0 radical (unpaired) electrons. The van der Waals surface area contributed by atoms with E-state index < -0.39 is 0 Å². The molecule has 1 saturated heterocycles. The fourth-order valence-electron chi connectivity index (χ4n) is 3.67. The highest BCUT2D eigenvalue weighted by molar-refractivity contribution is 6.31. The Morgan fingerprint density at radius 1 is 0.769 bits per heavy atom. The summed E-state index contributed by atoms with van der Waals surface area (Å²) in [6.45, 7) is 5.81. The van der Waals surface area contributed by atoms with Crippen molar-refractivity contribution in [2.75, 3.05) is 26.2 Å². The van der Waals surface area contributed by atoms with Gasteiger partial charge in [-0.15, -0.1) is 0 Å². The van der Waals surface area contributed by atoms with Gasteiger partial charge in [-0.2, -0.15) is 0 Å². The smallest absolute Gasteiger partial charge is 0.124 e. The van der Waals surface area contributed by atoms with Gasteiger partial charge in [0, 0.05) is 44.3 Å². The van der Waals surface area contributed by atoms with Gasteiger partial charge in [0.25, 0.3) is 0 Å². The molecular weight excluding hydrogens is 347 g/mol. The third-order valence-electron chi connectivity index (χ3n) is 5.15. The van der Waals surface area contributed by atoms with Crippen molar-refractivity contribution in [2.45, 2.75) is 13.1 Å². The number of benzene rings is 3. The molecule has 0 spiro atoms. The molecule has 1 aliphatic rings. The maximum atomic E-state index is 13.2. The first-order valence-corrected chi connectivity index (χ1v) is 9.42. The fourth-order valence-corrected chi connectivity index (χ4v) is 3.89. The van der Waals surface area contributed by atoms with Gasteiger partial charge in [0.15, 0.2) is 0 Å². The molecule has 4 heteroatoms. The Morgan fingerprint density at radius 2 is 1.42 bits per heavy atom. The van der Waals surface area contributed by atoms with Gasteiger partial charge in [-0.05, 0) is 34.0 Å². The van der Waals surface area contributed by atoms with Gasteiger partial charge in [0.1, 0.15) is 5.82 Å². The van der Waals surface area contributed by atoms with Crippen LogP contribution in [-0.4, -0.2) is 36.0 Å². The molecule has 1 aliphatic heterocycles. The molecule has 4 rings (SSSR count). The van der Waals surface area contributed by atoms with Gasteiger partial charge in [-0.3, -0.25) is 9.80 Å². The van der Waals surface area contributed by atoms with Crippen LogP contribution in [0.5, 0.6) is 0 Å². The zero-order valence-corrected chi connectivity index (χ0v) is 15.4. The van der Waals surface area contributed by atoms with Crippen LogP contribution >= 0.6 is 11.6 Å². The molecule has 0 aromatic heterocycles. The van der Waals surface area contributed by atoms with Crippen molar-refractivity contribution >= 4 is 22.4 Å². The Labute approximate surface area is 158 Å². The van der Waals surface area contributed by atoms with Crippen molar-refractivity contribution in [3.63, 3.8) is 0 Å². The third-order valence-corrected chi connectivity index (χ3v) is 5.50. The van der Waals surface area contributed by atoms with Crippen LogP contribution in [0.3, 0.4) is 0 Å². The highest BCUT2D eigenvalue weighted by atomic mass is 35.5. The standard InChI is InChI=1S/C22H22ClFN2/c23-22-14-20(24)9-8-19(22)16-26-12-10-25(11-13-26)15-18-6-3-5-17-4-1-2-7-21(17)18/h1-9,14H,10-13,15-16H2. The van der Waals surface area contributed by atoms with E-state index in [0.717, 1.165) is 44.8 Å². The summed E-state index contributed by atoms with van der Waals surface area (Å²) in [5.41, 5.74) is 2.38. The lowest BCUT2D eigenvalue weighted by molar-refractivity contribution is 0.122. The van der Waals surface area contributed by atoms with Gasteiger partial charge >= 0.3 is 0 Å². The van der Waals surface area contributed by atoms with Crippen molar-refractivity contribution in [3.8, 4) is 0 Å². The van der Waals surface area contributed by atoms with Crippen molar-refractivity contribution in [3.05, 3.63) is 82.6 Å². The summed E-state index contributed by atoms with van der Waals surface area (Å²) in [5.74, 6) is -0.279. The first-order chi connectivity index (χ1) is 12.7. The molecule has 0 bridgehead atoms. The number of halogens is 2. The molecule has 0 saturated carbocycles. The number of nitrogens with zero attached hydrogens (tertiary/aromatic N) is 2. The maximum absolute atomic E-state index is 13.2. The van der Waals surface area contributed by atoms with Crippen molar-refractivity contribution in [1.29, 1.82) is 0 Å². The van der Waals surface area contributed by atoms with E-state index in [1.54, 1.807) is 6.07 Å². The second-order valence-electron chi connectivity index (χ2n) is 6.93. The van der Waals surface area contributed by atoms with E-state index in [0.29, 0.717) is 5.02 Å². The molecular formula is C22H22ClFN2. The highest BCUT2D eigenvalue weighted by Crippen LogP contribution is 2.22. The SMILES string of the molecule is Fc1ccc(CN2CCN(Cc3cccc4ccccc34)CC2)c(Cl)c1. The van der Waals surface area contributed by atoms with Crippen LogP contribution in [0, 0.1) is 5.82 Å². The molecule has 134 valence electrons. The highest BCUT2D eigenvalue weighted by Gasteiger charge is 2.18. The molecule has 3 aromatic rings. The first-order valence-electron chi connectivity index (χ1n) is 9.04. The number of fused-ring (bicyclic) bond motifs is 1. The second kappa shape index (κ2) is 7.75. The lowest BCUT2D eigenvalue weighted by Crippen LogP contribution is -2.45. The minimum absolute atomic E-state index is 0.279. The van der Waals surface area contributed by atoms with Crippen LogP contribution in [0.15, 0.2) is 60.7 Å². The number of hydrogen-bond acceptors (Lipinski definition) is 2. The molecule has 2 nitrogen and oxygen atoms in total. The Kier molecular flexibility index (Phi) is 5.21. The van der Waals surface area contributed by atoms with Crippen LogP contribution in [-0.2, 0) is 13.1 Å². The molecule has 0 N–H and O–H groups in total. The molecule has 1 heterocycles. The van der Waals surface area contributed by atoms with Gasteiger partial charge in [-0.25, -0.2) is 4.39 Å². The van der Waals surface area contributed by atoms with E-state index >= 15 is 0 Å². The summed E-state index contributed by atoms with van der Waals surface area (Å²) in [6.07, 6.45) is 0. The Bertz CT molecular complexity index is 898. The van der Waals surface area contributed by atoms with E-state index in [1.807, 2.05) is 0 Å². The second-order valence-corrected chi connectivity index (χ2v) is 7.33. The summed E-state index contributed by atoms with van der Waals surface area (Å²) in [4.78, 5) is 4.89. The first kappa shape index (κ1) is 17.5. The van der Waals surface area contributed by atoms with Crippen LogP contribution in [0.2, 0.25) is 5.02 Å². The van der Waals surface area contributed by atoms with Crippen molar-refractivity contribution < 1.29 is 4.39 Å². The topological polar surface area (TPSA) is 6.48 Å². The van der Waals surface area contributed by atoms with Gasteiger partial charge in [0.2, 0.25) is 0 Å². The lowest BCUT2D eigenvalue weighted by atomic mass is 10.0. The fraction of sp³-hybridized carbons (Fsp3) is 0.273. The van der Waals surface area contributed by atoms with Crippen LogP contribution < -0.4 is 0 Å². The molecule has 0 atom stereocenters. The minimum atomic E-state index is -0.279. The van der Waals surface area contributed by atoms with Gasteiger partial charge in [0.05, 0.1) is 0 Å². The Balaban J connectivity index is 1.37. The number of hydrogen-bond donors (Lipinski definition) is 0. The summed E-state index contributed by atoms with van der Waals surface area (Å²) >= 11 is 6.16. The molecule has 0 aliphatic carbocycles. The maximum Gasteiger partial charge on any atom is 0.124 e. The zero-order chi connectivity index (χ0) is 17.9. The molecule has 0 unspecified atom stereocenters. The van der Waals surface area contributed by atoms with E-state index in [-0.39, 0.29) is 5.82 Å². The van der Waals surface area contributed by atoms with E-state index in [2.05, 4.69) is 52.3 Å². The third kappa shape index (κ3) is 3.90. The molecule has 0 amide bonds. The lowest BCUT2D eigenvalue weighted by Gasteiger charge is -2.35. The zero-order valence-electron chi connectivity index (χ0n) is 14.7. The van der Waals surface area contributed by atoms with E-state index in [9.17, 15) is 4.39 Å². The van der Waals surface area contributed by atoms with Crippen LogP contribution in [0.1, 0.15) is 11.1 Å². The number of piperazine rings is 1. The summed E-state index contributed by atoms with van der Waals surface area (Å²) in [7, 11) is 0. The van der Waals surface area contributed by atoms with Gasteiger partial charge < -0.3 is 0 Å². The quantitative estimate of drug-likeness (QED) is 0.642. The molecule has 3 aromatic carbocycles. The molecule has 26 heavy (non-hydrogen) atoms. The normalized spacial score (nSPS) is 16.2. The monoisotopic (exact) mass is 368 g/mol. The van der Waals surface area contributed by atoms with Crippen LogP contribution in [0.25, 0.3) is 10.8 Å². The Hall–Kier alpha value is -1.94. The predicted octanol–water partition coefficient (Wildman–Crippen LogP) is 4.95. The summed E-state index contributed by atoms with van der Waals surface area (Å²) in [5, 5.41) is 3.16. The minimum Gasteiger partial charge on any atom is -0.297 e. The van der Waals surface area contributed by atoms with Crippen LogP contribution in [0.4, 0.5) is 4.39 Å². The average Bonchev–Trinajstić information content (AvgIpc) is 2.66. The van der Waals surface area contributed by atoms with Gasteiger partial charge in [-0.1, -0.05) is 60.1 Å². The number of rotatable bonds is 4. The molecule has 1 fully saturated rings. The summed E-state index contributed by atoms with van der Waals surface area (Å²) in [6, 6.07) is 19.8. The average molecular weight is 369 g/mol. The van der Waals surface area contributed by atoms with Crippen molar-refractivity contribution in [2.24, 2.45) is 0 Å². The summed E-state index contributed by atoms with van der Waals surface area (Å²) < 4.78 is 13.2. The Morgan fingerprint density at radius 3 is 2.15 bits per heavy atom. The van der Waals surface area contributed by atoms with Crippen molar-refractivity contribution in [1.82, 2.24) is 9.80 Å². The van der Waals surface area contributed by atoms with E-state index in [4.69, 9.17) is 11.6 Å².